The first-order valence-electron chi connectivity index (χ1n) is 6.78. The van der Waals surface area contributed by atoms with Gasteiger partial charge in [0.15, 0.2) is 0 Å². The third-order valence-electron chi connectivity index (χ3n) is 3.50. The molecule has 0 aliphatic heterocycles. The van der Waals surface area contributed by atoms with Gasteiger partial charge in [0, 0.05) is 10.9 Å². The van der Waals surface area contributed by atoms with Crippen molar-refractivity contribution >= 4 is 24.2 Å². The highest BCUT2D eigenvalue weighted by atomic mass is 14.7. The fourth-order valence-electron chi connectivity index (χ4n) is 2.73. The van der Waals surface area contributed by atoms with Crippen LogP contribution in [0.4, 0.5) is 0 Å². The van der Waals surface area contributed by atoms with Gasteiger partial charge in [-0.2, -0.15) is 0 Å². The van der Waals surface area contributed by atoms with Crippen molar-refractivity contribution in [3.8, 4) is 11.3 Å². The Labute approximate surface area is 121 Å². The molecule has 0 spiro atoms. The van der Waals surface area contributed by atoms with Gasteiger partial charge in [-0.1, -0.05) is 41.0 Å². The smallest absolute Gasteiger partial charge is 0.141 e. The molecule has 0 N–H and O–H groups in total. The van der Waals surface area contributed by atoms with Crippen molar-refractivity contribution in [1.29, 1.82) is 0 Å². The molecule has 0 atom stereocenters. The number of fused-ring (bicyclic) bond motifs is 1. The molecule has 3 rings (SSSR count). The van der Waals surface area contributed by atoms with Gasteiger partial charge in [0.25, 0.3) is 0 Å². The van der Waals surface area contributed by atoms with Crippen molar-refractivity contribution in [3.05, 3.63) is 59.2 Å². The van der Waals surface area contributed by atoms with E-state index in [1.807, 2.05) is 6.07 Å². The van der Waals surface area contributed by atoms with Gasteiger partial charge < -0.3 is 0 Å². The largest absolute Gasteiger partial charge is 0.264 e. The maximum Gasteiger partial charge on any atom is 0.141 e. The standard InChI is InChI=1S/C18H16BN/c1-11-4-5-16-14(7-11)10-17(19)20-18(16)15-8-12(2)6-13(3)9-15/h4-10H,1-3H3. The minimum absolute atomic E-state index is 0.567. The molecular formula is C18H16BN. The van der Waals surface area contributed by atoms with Crippen molar-refractivity contribution in [2.24, 2.45) is 0 Å². The van der Waals surface area contributed by atoms with Gasteiger partial charge in [0.2, 0.25) is 0 Å². The van der Waals surface area contributed by atoms with Crippen molar-refractivity contribution < 1.29 is 0 Å². The Morgan fingerprint density at radius 1 is 0.800 bits per heavy atom. The van der Waals surface area contributed by atoms with Crippen LogP contribution in [0.5, 0.6) is 0 Å². The lowest BCUT2D eigenvalue weighted by molar-refractivity contribution is 1.35. The Morgan fingerprint density at radius 3 is 2.20 bits per heavy atom. The third-order valence-corrected chi connectivity index (χ3v) is 3.50. The van der Waals surface area contributed by atoms with Crippen molar-refractivity contribution in [3.63, 3.8) is 0 Å². The summed E-state index contributed by atoms with van der Waals surface area (Å²) in [6.45, 7) is 6.30. The maximum absolute atomic E-state index is 5.98. The summed E-state index contributed by atoms with van der Waals surface area (Å²) in [7, 11) is 5.98. The molecule has 2 aromatic carbocycles. The number of hydrogen-bond donors (Lipinski definition) is 0. The summed E-state index contributed by atoms with van der Waals surface area (Å²) < 4.78 is 0. The predicted molar refractivity (Wildman–Crippen MR) is 86.8 cm³/mol. The van der Waals surface area contributed by atoms with E-state index in [4.69, 9.17) is 7.85 Å². The number of aromatic nitrogens is 1. The van der Waals surface area contributed by atoms with Crippen LogP contribution in [0.15, 0.2) is 42.5 Å². The average molecular weight is 257 g/mol. The van der Waals surface area contributed by atoms with Crippen LogP contribution in [-0.4, -0.2) is 12.8 Å². The van der Waals surface area contributed by atoms with Crippen molar-refractivity contribution in [2.45, 2.75) is 20.8 Å². The van der Waals surface area contributed by atoms with E-state index in [1.165, 1.54) is 16.7 Å². The molecule has 0 saturated carbocycles. The number of pyridine rings is 1. The van der Waals surface area contributed by atoms with Crippen LogP contribution < -0.4 is 5.59 Å². The minimum atomic E-state index is 0.567. The average Bonchev–Trinajstić information content (AvgIpc) is 2.36. The number of hydrogen-bond acceptors (Lipinski definition) is 1. The van der Waals surface area contributed by atoms with Gasteiger partial charge in [-0.15, -0.1) is 0 Å². The van der Waals surface area contributed by atoms with E-state index < -0.39 is 0 Å². The number of benzene rings is 2. The molecule has 0 saturated heterocycles. The van der Waals surface area contributed by atoms with Crippen LogP contribution in [0.3, 0.4) is 0 Å². The first-order valence-corrected chi connectivity index (χ1v) is 6.78. The highest BCUT2D eigenvalue weighted by Crippen LogP contribution is 2.27. The summed E-state index contributed by atoms with van der Waals surface area (Å²) in [6, 6.07) is 14.8. The van der Waals surface area contributed by atoms with Crippen molar-refractivity contribution in [2.75, 3.05) is 0 Å². The Balaban J connectivity index is 2.35. The van der Waals surface area contributed by atoms with Crippen molar-refractivity contribution in [1.82, 2.24) is 4.98 Å². The van der Waals surface area contributed by atoms with Gasteiger partial charge in [-0.25, -0.2) is 0 Å². The molecule has 1 nitrogen and oxygen atoms in total. The quantitative estimate of drug-likeness (QED) is 0.607. The van der Waals surface area contributed by atoms with Gasteiger partial charge in [-0.05, 0) is 49.9 Å². The van der Waals surface area contributed by atoms with Gasteiger partial charge in [-0.3, -0.25) is 4.98 Å². The summed E-state index contributed by atoms with van der Waals surface area (Å²) in [4.78, 5) is 4.56. The van der Waals surface area contributed by atoms with E-state index in [1.54, 1.807) is 0 Å². The van der Waals surface area contributed by atoms with Gasteiger partial charge >= 0.3 is 0 Å². The molecule has 2 heteroatoms. The van der Waals surface area contributed by atoms with Gasteiger partial charge in [0.1, 0.15) is 7.85 Å². The molecule has 0 bridgehead atoms. The molecule has 0 unspecified atom stereocenters. The lowest BCUT2D eigenvalue weighted by atomic mass is 9.95. The minimum Gasteiger partial charge on any atom is -0.264 e. The number of nitrogens with zero attached hydrogens (tertiary/aromatic N) is 1. The lowest BCUT2D eigenvalue weighted by Gasteiger charge is -2.10. The fraction of sp³-hybridized carbons (Fsp3) is 0.167. The summed E-state index contributed by atoms with van der Waals surface area (Å²) in [6.07, 6.45) is 0. The van der Waals surface area contributed by atoms with Gasteiger partial charge in [0.05, 0.1) is 5.69 Å². The van der Waals surface area contributed by atoms with E-state index in [2.05, 4.69) is 62.2 Å². The summed E-state index contributed by atoms with van der Waals surface area (Å²) in [5.74, 6) is 0. The topological polar surface area (TPSA) is 12.9 Å². The van der Waals surface area contributed by atoms with E-state index in [9.17, 15) is 0 Å². The zero-order valence-electron chi connectivity index (χ0n) is 12.1. The van der Waals surface area contributed by atoms with Crippen LogP contribution in [0.2, 0.25) is 0 Å². The van der Waals surface area contributed by atoms with Crippen LogP contribution in [0.1, 0.15) is 16.7 Å². The second kappa shape index (κ2) is 4.79. The van der Waals surface area contributed by atoms with Crippen LogP contribution in [-0.2, 0) is 0 Å². The summed E-state index contributed by atoms with van der Waals surface area (Å²) >= 11 is 0. The molecule has 96 valence electrons. The predicted octanol–water partition coefficient (Wildman–Crippen LogP) is 3.62. The highest BCUT2D eigenvalue weighted by molar-refractivity contribution is 6.32. The normalized spacial score (nSPS) is 10.9. The Morgan fingerprint density at radius 2 is 1.50 bits per heavy atom. The molecule has 1 aromatic heterocycles. The highest BCUT2D eigenvalue weighted by Gasteiger charge is 2.08. The van der Waals surface area contributed by atoms with Crippen LogP contribution in [0.25, 0.3) is 22.0 Å². The molecule has 0 fully saturated rings. The first-order chi connectivity index (χ1) is 9.52. The van der Waals surface area contributed by atoms with E-state index >= 15 is 0 Å². The Kier molecular flexibility index (Phi) is 3.09. The van der Waals surface area contributed by atoms with Crippen LogP contribution in [0, 0.1) is 20.8 Å². The molecule has 3 aromatic rings. The number of rotatable bonds is 1. The monoisotopic (exact) mass is 257 g/mol. The maximum atomic E-state index is 5.98. The van der Waals surface area contributed by atoms with Crippen LogP contribution >= 0.6 is 0 Å². The molecule has 20 heavy (non-hydrogen) atoms. The second-order valence-corrected chi connectivity index (χ2v) is 5.50. The summed E-state index contributed by atoms with van der Waals surface area (Å²) in [5, 5.41) is 2.29. The molecule has 0 amide bonds. The van der Waals surface area contributed by atoms with E-state index in [0.717, 1.165) is 22.0 Å². The fourth-order valence-corrected chi connectivity index (χ4v) is 2.73. The molecule has 1 heterocycles. The molecule has 2 radical (unpaired) electrons. The SMILES string of the molecule is [B]c1cc2cc(C)ccc2c(-c2cc(C)cc(C)c2)n1. The zero-order valence-corrected chi connectivity index (χ0v) is 12.1. The lowest BCUT2D eigenvalue weighted by Crippen LogP contribution is -2.09. The van der Waals surface area contributed by atoms with E-state index in [-0.39, 0.29) is 0 Å². The molecule has 0 aliphatic rings. The zero-order chi connectivity index (χ0) is 14.3. The first kappa shape index (κ1) is 12.9. The summed E-state index contributed by atoms with van der Waals surface area (Å²) in [5.41, 5.74) is 6.37. The van der Waals surface area contributed by atoms with E-state index in [0.29, 0.717) is 5.59 Å². The third kappa shape index (κ3) is 2.34. The number of aryl methyl sites for hydroxylation is 3. The molecular weight excluding hydrogens is 241 g/mol. The Hall–Kier alpha value is -2.09. The molecule has 0 aliphatic carbocycles. The second-order valence-electron chi connectivity index (χ2n) is 5.50. The Bertz CT molecular complexity index is 780.